The summed E-state index contributed by atoms with van der Waals surface area (Å²) < 4.78 is 0. The topological polar surface area (TPSA) is 36.7 Å². The highest BCUT2D eigenvalue weighted by Gasteiger charge is 2.11. The number of aryl methyl sites for hydroxylation is 1. The first-order valence-electron chi connectivity index (χ1n) is 6.21. The number of aromatic nitrogens is 1. The smallest absolute Gasteiger partial charge is 0.0753 e. The molecule has 0 bridgehead atoms. The Morgan fingerprint density at radius 3 is 2.28 bits per heavy atom. The summed E-state index contributed by atoms with van der Waals surface area (Å²) in [5.74, 6) is -0.0849. The number of nitriles is 1. The molecule has 0 aliphatic heterocycles. The van der Waals surface area contributed by atoms with Gasteiger partial charge in [-0.1, -0.05) is 31.2 Å². The van der Waals surface area contributed by atoms with Crippen LogP contribution in [0.15, 0.2) is 48.8 Å². The minimum atomic E-state index is -0.0849. The van der Waals surface area contributed by atoms with Crippen LogP contribution in [0.3, 0.4) is 0 Å². The standard InChI is InChI=1S/C16H16N2/c1-2-13-3-5-15(6-4-13)16(12-17)11-14-7-9-18-10-8-14/h3-10,16H,2,11H2,1H3. The molecule has 0 saturated carbocycles. The molecule has 0 radical (unpaired) electrons. The van der Waals surface area contributed by atoms with E-state index in [0.717, 1.165) is 24.0 Å². The van der Waals surface area contributed by atoms with Crippen molar-refractivity contribution in [3.8, 4) is 6.07 Å². The third-order valence-electron chi connectivity index (χ3n) is 3.14. The Balaban J connectivity index is 2.16. The summed E-state index contributed by atoms with van der Waals surface area (Å²) in [4.78, 5) is 3.99. The molecule has 2 aromatic rings. The number of benzene rings is 1. The van der Waals surface area contributed by atoms with Crippen molar-refractivity contribution in [2.75, 3.05) is 0 Å². The lowest BCUT2D eigenvalue weighted by atomic mass is 9.93. The van der Waals surface area contributed by atoms with Crippen LogP contribution in [0.25, 0.3) is 0 Å². The summed E-state index contributed by atoms with van der Waals surface area (Å²) in [5.41, 5.74) is 3.54. The van der Waals surface area contributed by atoms with E-state index in [1.807, 2.05) is 12.1 Å². The molecule has 18 heavy (non-hydrogen) atoms. The average molecular weight is 236 g/mol. The fourth-order valence-electron chi connectivity index (χ4n) is 1.98. The summed E-state index contributed by atoms with van der Waals surface area (Å²) >= 11 is 0. The van der Waals surface area contributed by atoms with Gasteiger partial charge in [-0.3, -0.25) is 4.98 Å². The van der Waals surface area contributed by atoms with Crippen LogP contribution in [0.1, 0.15) is 29.5 Å². The zero-order valence-electron chi connectivity index (χ0n) is 10.5. The van der Waals surface area contributed by atoms with E-state index in [1.54, 1.807) is 12.4 Å². The fourth-order valence-corrected chi connectivity index (χ4v) is 1.98. The zero-order valence-corrected chi connectivity index (χ0v) is 10.5. The van der Waals surface area contributed by atoms with Crippen LogP contribution in [0, 0.1) is 11.3 Å². The average Bonchev–Trinajstić information content (AvgIpc) is 2.46. The normalized spacial score (nSPS) is 11.8. The second-order valence-corrected chi connectivity index (χ2v) is 4.34. The number of pyridine rings is 1. The van der Waals surface area contributed by atoms with Gasteiger partial charge in [-0.05, 0) is 41.7 Å². The molecule has 1 unspecified atom stereocenters. The summed E-state index contributed by atoms with van der Waals surface area (Å²) in [6.45, 7) is 2.13. The molecule has 0 aliphatic rings. The van der Waals surface area contributed by atoms with Crippen LogP contribution in [-0.4, -0.2) is 4.98 Å². The van der Waals surface area contributed by atoms with Crippen molar-refractivity contribution in [1.29, 1.82) is 5.26 Å². The van der Waals surface area contributed by atoms with Gasteiger partial charge in [0.15, 0.2) is 0 Å². The van der Waals surface area contributed by atoms with Gasteiger partial charge < -0.3 is 0 Å². The van der Waals surface area contributed by atoms with Gasteiger partial charge in [0, 0.05) is 12.4 Å². The van der Waals surface area contributed by atoms with Crippen molar-refractivity contribution in [3.05, 3.63) is 65.5 Å². The van der Waals surface area contributed by atoms with Gasteiger partial charge in [0.2, 0.25) is 0 Å². The van der Waals surface area contributed by atoms with Crippen LogP contribution in [0.5, 0.6) is 0 Å². The van der Waals surface area contributed by atoms with Gasteiger partial charge >= 0.3 is 0 Å². The van der Waals surface area contributed by atoms with Crippen molar-refractivity contribution >= 4 is 0 Å². The van der Waals surface area contributed by atoms with E-state index < -0.39 is 0 Å². The van der Waals surface area contributed by atoms with E-state index in [4.69, 9.17) is 0 Å². The van der Waals surface area contributed by atoms with Gasteiger partial charge in [-0.15, -0.1) is 0 Å². The highest BCUT2D eigenvalue weighted by atomic mass is 14.6. The summed E-state index contributed by atoms with van der Waals surface area (Å²) in [7, 11) is 0. The lowest BCUT2D eigenvalue weighted by Gasteiger charge is -2.10. The lowest BCUT2D eigenvalue weighted by Crippen LogP contribution is -2.00. The van der Waals surface area contributed by atoms with Crippen molar-refractivity contribution < 1.29 is 0 Å². The minimum Gasteiger partial charge on any atom is -0.265 e. The molecule has 2 nitrogen and oxygen atoms in total. The Morgan fingerprint density at radius 1 is 1.06 bits per heavy atom. The maximum atomic E-state index is 9.30. The molecule has 2 rings (SSSR count). The highest BCUT2D eigenvalue weighted by molar-refractivity contribution is 5.31. The maximum absolute atomic E-state index is 9.30. The summed E-state index contributed by atoms with van der Waals surface area (Å²) in [6, 6.07) is 14.6. The van der Waals surface area contributed by atoms with Crippen molar-refractivity contribution in [2.45, 2.75) is 25.7 Å². The molecular formula is C16H16N2. The number of rotatable bonds is 4. The van der Waals surface area contributed by atoms with Crippen LogP contribution in [0.4, 0.5) is 0 Å². The Labute approximate surface area is 108 Å². The zero-order chi connectivity index (χ0) is 12.8. The van der Waals surface area contributed by atoms with E-state index in [9.17, 15) is 5.26 Å². The molecule has 1 aromatic carbocycles. The van der Waals surface area contributed by atoms with Gasteiger partial charge in [0.1, 0.15) is 0 Å². The Morgan fingerprint density at radius 2 is 1.72 bits per heavy atom. The van der Waals surface area contributed by atoms with Crippen molar-refractivity contribution in [3.63, 3.8) is 0 Å². The molecule has 1 atom stereocenters. The monoisotopic (exact) mass is 236 g/mol. The quantitative estimate of drug-likeness (QED) is 0.814. The summed E-state index contributed by atoms with van der Waals surface area (Å²) in [6.07, 6.45) is 5.31. The van der Waals surface area contributed by atoms with E-state index in [1.165, 1.54) is 5.56 Å². The van der Waals surface area contributed by atoms with Crippen molar-refractivity contribution in [2.24, 2.45) is 0 Å². The first kappa shape index (κ1) is 12.3. The lowest BCUT2D eigenvalue weighted by molar-refractivity contribution is 0.846. The van der Waals surface area contributed by atoms with E-state index in [-0.39, 0.29) is 5.92 Å². The Hall–Kier alpha value is -2.14. The van der Waals surface area contributed by atoms with E-state index in [2.05, 4.69) is 42.2 Å². The molecule has 0 aliphatic carbocycles. The van der Waals surface area contributed by atoms with Crippen LogP contribution < -0.4 is 0 Å². The molecule has 0 spiro atoms. The number of hydrogen-bond acceptors (Lipinski definition) is 2. The largest absolute Gasteiger partial charge is 0.265 e. The van der Waals surface area contributed by atoms with E-state index in [0.29, 0.717) is 0 Å². The molecule has 0 saturated heterocycles. The molecule has 1 aromatic heterocycles. The predicted octanol–water partition coefficient (Wildman–Crippen LogP) is 3.49. The van der Waals surface area contributed by atoms with Gasteiger partial charge in [-0.2, -0.15) is 5.26 Å². The maximum Gasteiger partial charge on any atom is 0.0753 e. The van der Waals surface area contributed by atoms with Gasteiger partial charge in [0.05, 0.1) is 12.0 Å². The van der Waals surface area contributed by atoms with Crippen LogP contribution in [0.2, 0.25) is 0 Å². The highest BCUT2D eigenvalue weighted by Crippen LogP contribution is 2.20. The predicted molar refractivity (Wildman–Crippen MR) is 72.1 cm³/mol. The SMILES string of the molecule is CCc1ccc(C(C#N)Cc2ccncc2)cc1. The molecule has 1 heterocycles. The molecular weight excluding hydrogens is 220 g/mol. The van der Waals surface area contributed by atoms with Crippen molar-refractivity contribution in [1.82, 2.24) is 4.98 Å². The first-order chi connectivity index (χ1) is 8.83. The third kappa shape index (κ3) is 2.95. The second kappa shape index (κ2) is 5.97. The molecule has 2 heteroatoms. The van der Waals surface area contributed by atoms with Crippen LogP contribution in [-0.2, 0) is 12.8 Å². The van der Waals surface area contributed by atoms with Gasteiger partial charge in [0.25, 0.3) is 0 Å². The van der Waals surface area contributed by atoms with E-state index >= 15 is 0 Å². The Kier molecular flexibility index (Phi) is 4.09. The number of hydrogen-bond donors (Lipinski definition) is 0. The molecule has 90 valence electrons. The third-order valence-corrected chi connectivity index (χ3v) is 3.14. The van der Waals surface area contributed by atoms with Crippen LogP contribution >= 0.6 is 0 Å². The first-order valence-corrected chi connectivity index (χ1v) is 6.21. The van der Waals surface area contributed by atoms with Gasteiger partial charge in [-0.25, -0.2) is 0 Å². The number of nitrogens with zero attached hydrogens (tertiary/aromatic N) is 2. The second-order valence-electron chi connectivity index (χ2n) is 4.34. The Bertz CT molecular complexity index is 523. The minimum absolute atomic E-state index is 0.0849. The molecule has 0 fully saturated rings. The molecule has 0 N–H and O–H groups in total. The fraction of sp³-hybridized carbons (Fsp3) is 0.250. The summed E-state index contributed by atoms with van der Waals surface area (Å²) in [5, 5.41) is 9.30. The molecule has 0 amide bonds.